The molecule has 1 aromatic carbocycles. The van der Waals surface area contributed by atoms with Gasteiger partial charge in [0.05, 0.1) is 16.8 Å². The maximum atomic E-state index is 13.3. The summed E-state index contributed by atoms with van der Waals surface area (Å²) in [4.78, 5) is 41.7. The van der Waals surface area contributed by atoms with E-state index in [9.17, 15) is 14.4 Å². The summed E-state index contributed by atoms with van der Waals surface area (Å²) in [7, 11) is 0. The molecule has 3 heterocycles. The van der Waals surface area contributed by atoms with Crippen LogP contribution in [-0.4, -0.2) is 33.4 Å². The second-order valence-electron chi connectivity index (χ2n) is 9.59. The number of thiophene rings is 1. The summed E-state index contributed by atoms with van der Waals surface area (Å²) >= 11 is 1.55. The molecule has 0 saturated heterocycles. The molecule has 8 nitrogen and oxygen atoms in total. The highest BCUT2D eigenvalue weighted by Crippen LogP contribution is 2.41. The number of aromatic nitrogens is 3. The van der Waals surface area contributed by atoms with Gasteiger partial charge in [0.25, 0.3) is 5.56 Å². The van der Waals surface area contributed by atoms with Crippen LogP contribution < -0.4 is 15.8 Å². The van der Waals surface area contributed by atoms with Gasteiger partial charge in [0.1, 0.15) is 13.1 Å². The monoisotopic (exact) mass is 451 g/mol. The van der Waals surface area contributed by atoms with Crippen molar-refractivity contribution in [2.75, 3.05) is 16.8 Å². The smallest absolute Gasteiger partial charge is 0.279 e. The molecule has 0 saturated carbocycles. The Bertz CT molecular complexity index is 1300. The number of aryl methyl sites for hydroxylation is 1. The Hall–Kier alpha value is -3.07. The third kappa shape index (κ3) is 3.50. The Morgan fingerprint density at radius 3 is 2.81 bits per heavy atom. The van der Waals surface area contributed by atoms with E-state index in [0.717, 1.165) is 29.5 Å². The van der Waals surface area contributed by atoms with Crippen molar-refractivity contribution in [3.05, 3.63) is 45.1 Å². The number of rotatable bonds is 2. The number of carbonyl (C=O) groups is 2. The Kier molecular flexibility index (Phi) is 4.88. The van der Waals surface area contributed by atoms with Crippen molar-refractivity contribution < 1.29 is 9.59 Å². The van der Waals surface area contributed by atoms with E-state index in [2.05, 4.69) is 36.4 Å². The van der Waals surface area contributed by atoms with Crippen LogP contribution in [0.15, 0.2) is 29.1 Å². The minimum Gasteiger partial charge on any atom is -0.323 e. The lowest BCUT2D eigenvalue weighted by Crippen LogP contribution is -2.45. The van der Waals surface area contributed by atoms with E-state index in [0.29, 0.717) is 27.5 Å². The summed E-state index contributed by atoms with van der Waals surface area (Å²) in [5, 5.41) is 11.7. The molecule has 3 aromatic rings. The molecule has 1 atom stereocenters. The lowest BCUT2D eigenvalue weighted by Gasteiger charge is -2.33. The molecule has 0 unspecified atom stereocenters. The van der Waals surface area contributed by atoms with E-state index in [-0.39, 0.29) is 35.9 Å². The lowest BCUT2D eigenvalue weighted by molar-refractivity contribution is -0.122. The predicted molar refractivity (Wildman–Crippen MR) is 124 cm³/mol. The largest absolute Gasteiger partial charge is 0.323 e. The van der Waals surface area contributed by atoms with Gasteiger partial charge in [-0.1, -0.05) is 38.1 Å². The molecule has 5 rings (SSSR count). The number of carbonyl (C=O) groups excluding carboxylic acids is 2. The molecule has 2 aromatic heterocycles. The van der Waals surface area contributed by atoms with Crippen molar-refractivity contribution in [3.63, 3.8) is 0 Å². The maximum absolute atomic E-state index is 13.3. The van der Waals surface area contributed by atoms with Gasteiger partial charge >= 0.3 is 0 Å². The number of anilines is 2. The predicted octanol–water partition coefficient (Wildman–Crippen LogP) is 2.99. The van der Waals surface area contributed by atoms with Crippen LogP contribution in [0.2, 0.25) is 0 Å². The third-order valence-electron chi connectivity index (χ3n) is 6.52. The molecule has 2 amide bonds. The van der Waals surface area contributed by atoms with E-state index in [4.69, 9.17) is 0 Å². The number of benzene rings is 1. The number of hydrogen-bond donors (Lipinski definition) is 1. The molecule has 0 spiro atoms. The van der Waals surface area contributed by atoms with E-state index in [1.807, 2.05) is 0 Å². The van der Waals surface area contributed by atoms with Gasteiger partial charge in [0.2, 0.25) is 11.8 Å². The Labute approximate surface area is 189 Å². The normalized spacial score (nSPS) is 18.3. The minimum absolute atomic E-state index is 0.0949. The molecule has 0 bridgehead atoms. The zero-order chi connectivity index (χ0) is 22.6. The minimum atomic E-state index is -0.375. The number of nitrogens with one attached hydrogen (secondary N) is 1. The molecule has 32 heavy (non-hydrogen) atoms. The summed E-state index contributed by atoms with van der Waals surface area (Å²) < 4.78 is 1.13. The van der Waals surface area contributed by atoms with Crippen molar-refractivity contribution >= 4 is 44.7 Å². The molecular weight excluding hydrogens is 426 g/mol. The summed E-state index contributed by atoms with van der Waals surface area (Å²) in [5.74, 6) is -0.0867. The summed E-state index contributed by atoms with van der Waals surface area (Å²) in [6.07, 6.45) is 2.81. The van der Waals surface area contributed by atoms with Crippen molar-refractivity contribution in [1.82, 2.24) is 15.0 Å². The fourth-order valence-corrected chi connectivity index (χ4v) is 5.87. The molecule has 0 fully saturated rings. The first-order chi connectivity index (χ1) is 15.2. The SMILES string of the molecule is CC(C)(C)[C@H]1CCc2c(sc3nnn(CC(=O)N4CC(=O)Nc5ccccc54)c(=O)c23)C1. The van der Waals surface area contributed by atoms with Crippen LogP contribution in [0.25, 0.3) is 10.2 Å². The van der Waals surface area contributed by atoms with E-state index in [1.165, 1.54) is 9.78 Å². The van der Waals surface area contributed by atoms with Crippen molar-refractivity contribution in [2.45, 2.75) is 46.6 Å². The van der Waals surface area contributed by atoms with Crippen LogP contribution in [0, 0.1) is 11.3 Å². The van der Waals surface area contributed by atoms with Crippen LogP contribution in [0.1, 0.15) is 37.6 Å². The molecule has 0 radical (unpaired) electrons. The average Bonchev–Trinajstić information content (AvgIpc) is 3.13. The van der Waals surface area contributed by atoms with E-state index >= 15 is 0 Å². The number of para-hydroxylation sites is 2. The zero-order valence-electron chi connectivity index (χ0n) is 18.3. The van der Waals surface area contributed by atoms with Crippen LogP contribution in [0.3, 0.4) is 0 Å². The van der Waals surface area contributed by atoms with Crippen molar-refractivity contribution in [2.24, 2.45) is 11.3 Å². The Morgan fingerprint density at radius 2 is 2.03 bits per heavy atom. The quantitative estimate of drug-likeness (QED) is 0.646. The number of amides is 2. The molecule has 1 aliphatic carbocycles. The molecule has 1 N–H and O–H groups in total. The summed E-state index contributed by atoms with van der Waals surface area (Å²) in [6, 6.07) is 7.11. The molecule has 2 aliphatic rings. The highest BCUT2D eigenvalue weighted by Gasteiger charge is 2.32. The van der Waals surface area contributed by atoms with E-state index < -0.39 is 0 Å². The summed E-state index contributed by atoms with van der Waals surface area (Å²) in [5.41, 5.74) is 2.18. The fraction of sp³-hybridized carbons (Fsp3) is 0.435. The third-order valence-corrected chi connectivity index (χ3v) is 7.66. The average molecular weight is 452 g/mol. The van der Waals surface area contributed by atoms with Gasteiger partial charge < -0.3 is 5.32 Å². The highest BCUT2D eigenvalue weighted by atomic mass is 32.1. The molecular formula is C23H25N5O3S. The van der Waals surface area contributed by atoms with Gasteiger partial charge in [-0.25, -0.2) is 4.68 Å². The first-order valence-corrected chi connectivity index (χ1v) is 11.6. The first-order valence-electron chi connectivity index (χ1n) is 10.8. The topological polar surface area (TPSA) is 97.2 Å². The summed E-state index contributed by atoms with van der Waals surface area (Å²) in [6.45, 7) is 6.41. The van der Waals surface area contributed by atoms with Crippen LogP contribution >= 0.6 is 11.3 Å². The number of hydrogen-bond acceptors (Lipinski definition) is 6. The highest BCUT2D eigenvalue weighted by molar-refractivity contribution is 7.18. The van der Waals surface area contributed by atoms with Gasteiger partial charge in [-0.05, 0) is 48.3 Å². The molecule has 1 aliphatic heterocycles. The maximum Gasteiger partial charge on any atom is 0.279 e. The van der Waals surface area contributed by atoms with Crippen LogP contribution in [0.4, 0.5) is 11.4 Å². The first kappa shape index (κ1) is 20.8. The Balaban J connectivity index is 1.46. The number of fused-ring (bicyclic) bond motifs is 4. The van der Waals surface area contributed by atoms with Crippen molar-refractivity contribution in [3.8, 4) is 0 Å². The van der Waals surface area contributed by atoms with Crippen LogP contribution in [-0.2, 0) is 29.0 Å². The van der Waals surface area contributed by atoms with E-state index in [1.54, 1.807) is 35.6 Å². The molecule has 9 heteroatoms. The van der Waals surface area contributed by atoms with Crippen LogP contribution in [0.5, 0.6) is 0 Å². The molecule has 166 valence electrons. The van der Waals surface area contributed by atoms with Gasteiger partial charge in [-0.2, -0.15) is 0 Å². The number of nitrogens with zero attached hydrogens (tertiary/aromatic N) is 4. The van der Waals surface area contributed by atoms with Crippen molar-refractivity contribution in [1.29, 1.82) is 0 Å². The standard InChI is InChI=1S/C23H25N5O3S/c1-23(2,3)13-8-9-14-17(10-13)32-21-20(14)22(31)28(26-25-21)12-19(30)27-11-18(29)24-15-6-4-5-7-16(15)27/h4-7,13H,8-12H2,1-3H3,(H,24,29)/t13-/m0/s1. The second-order valence-corrected chi connectivity index (χ2v) is 10.7. The van der Waals surface area contributed by atoms with Gasteiger partial charge in [-0.15, -0.1) is 16.4 Å². The lowest BCUT2D eigenvalue weighted by atomic mass is 9.72. The van der Waals surface area contributed by atoms with Gasteiger partial charge in [0, 0.05) is 4.88 Å². The Morgan fingerprint density at radius 1 is 1.25 bits per heavy atom. The second kappa shape index (κ2) is 7.51. The van der Waals surface area contributed by atoms with Gasteiger partial charge in [-0.3, -0.25) is 19.3 Å². The zero-order valence-corrected chi connectivity index (χ0v) is 19.2. The van der Waals surface area contributed by atoms with Gasteiger partial charge in [0.15, 0.2) is 4.83 Å². The fourth-order valence-electron chi connectivity index (χ4n) is 4.64.